The van der Waals surface area contributed by atoms with E-state index in [4.69, 9.17) is 0 Å². The maximum absolute atomic E-state index is 2.43. The summed E-state index contributed by atoms with van der Waals surface area (Å²) in [6.07, 6.45) is 9.27. The lowest BCUT2D eigenvalue weighted by molar-refractivity contribution is 0.465. The van der Waals surface area contributed by atoms with Crippen molar-refractivity contribution < 1.29 is 0 Å². The molecule has 0 heteroatoms. The molecule has 0 saturated heterocycles. The van der Waals surface area contributed by atoms with Crippen LogP contribution in [0.5, 0.6) is 0 Å². The first-order valence-corrected chi connectivity index (χ1v) is 9.06. The number of allylic oxidation sites excluding steroid dienone is 4. The normalized spacial score (nSPS) is 23.2. The summed E-state index contributed by atoms with van der Waals surface area (Å²) in [5, 5.41) is 0. The highest BCUT2D eigenvalue weighted by Crippen LogP contribution is 2.64. The van der Waals surface area contributed by atoms with Crippen molar-refractivity contribution in [3.05, 3.63) is 119 Å². The highest BCUT2D eigenvalue weighted by molar-refractivity contribution is 5.85. The summed E-state index contributed by atoms with van der Waals surface area (Å²) in [7, 11) is 0. The zero-order chi connectivity index (χ0) is 16.4. The van der Waals surface area contributed by atoms with Gasteiger partial charge in [0.25, 0.3) is 0 Å². The SMILES string of the molecule is C1=CC2c3ccccc3C3(c4ccccc4-c4ccccc43)C2C=C1. The van der Waals surface area contributed by atoms with Crippen molar-refractivity contribution >= 4 is 0 Å². The molecule has 3 aliphatic rings. The zero-order valence-electron chi connectivity index (χ0n) is 13.9. The molecule has 25 heavy (non-hydrogen) atoms. The van der Waals surface area contributed by atoms with Gasteiger partial charge < -0.3 is 0 Å². The van der Waals surface area contributed by atoms with Gasteiger partial charge >= 0.3 is 0 Å². The number of rotatable bonds is 0. The van der Waals surface area contributed by atoms with Crippen molar-refractivity contribution in [3.8, 4) is 11.1 Å². The Morgan fingerprint density at radius 3 is 1.84 bits per heavy atom. The maximum atomic E-state index is 2.43. The first-order valence-electron chi connectivity index (χ1n) is 9.06. The Bertz CT molecular complexity index is 1020. The molecule has 0 saturated carbocycles. The van der Waals surface area contributed by atoms with E-state index in [1.807, 2.05) is 0 Å². The molecule has 0 aliphatic heterocycles. The van der Waals surface area contributed by atoms with Crippen LogP contribution >= 0.6 is 0 Å². The summed E-state index contributed by atoms with van der Waals surface area (Å²) in [6, 6.07) is 27.1. The predicted molar refractivity (Wildman–Crippen MR) is 103 cm³/mol. The van der Waals surface area contributed by atoms with Crippen molar-refractivity contribution in [3.63, 3.8) is 0 Å². The first-order chi connectivity index (χ1) is 12.4. The second kappa shape index (κ2) is 4.61. The summed E-state index contributed by atoms with van der Waals surface area (Å²) < 4.78 is 0. The monoisotopic (exact) mass is 318 g/mol. The van der Waals surface area contributed by atoms with Gasteiger partial charge in [0.1, 0.15) is 0 Å². The van der Waals surface area contributed by atoms with E-state index in [0.717, 1.165) is 0 Å². The number of hydrogen-bond donors (Lipinski definition) is 0. The Morgan fingerprint density at radius 2 is 1.12 bits per heavy atom. The molecule has 2 atom stereocenters. The van der Waals surface area contributed by atoms with Gasteiger partial charge in [0.15, 0.2) is 0 Å². The van der Waals surface area contributed by atoms with Crippen LogP contribution in [0.1, 0.15) is 28.2 Å². The Labute approximate surface area is 148 Å². The van der Waals surface area contributed by atoms with Crippen LogP contribution in [0.3, 0.4) is 0 Å². The zero-order valence-corrected chi connectivity index (χ0v) is 13.9. The summed E-state index contributed by atoms with van der Waals surface area (Å²) in [6.45, 7) is 0. The van der Waals surface area contributed by atoms with Gasteiger partial charge in [0.2, 0.25) is 0 Å². The Hall–Kier alpha value is -2.86. The number of benzene rings is 3. The van der Waals surface area contributed by atoms with Crippen LogP contribution in [0.4, 0.5) is 0 Å². The lowest BCUT2D eigenvalue weighted by Gasteiger charge is -2.36. The van der Waals surface area contributed by atoms with Crippen molar-refractivity contribution in [2.45, 2.75) is 11.3 Å². The largest absolute Gasteiger partial charge is 0.0789 e. The Morgan fingerprint density at radius 1 is 0.560 bits per heavy atom. The van der Waals surface area contributed by atoms with Crippen LogP contribution in [0, 0.1) is 5.92 Å². The molecule has 0 amide bonds. The van der Waals surface area contributed by atoms with E-state index in [9.17, 15) is 0 Å². The van der Waals surface area contributed by atoms with Gasteiger partial charge in [-0.25, -0.2) is 0 Å². The minimum atomic E-state index is -0.0598. The average molecular weight is 318 g/mol. The van der Waals surface area contributed by atoms with E-state index < -0.39 is 0 Å². The molecule has 0 N–H and O–H groups in total. The van der Waals surface area contributed by atoms with Gasteiger partial charge in [0.05, 0.1) is 5.41 Å². The fourth-order valence-electron chi connectivity index (χ4n) is 5.56. The van der Waals surface area contributed by atoms with Crippen LogP contribution in [0.25, 0.3) is 11.1 Å². The Balaban J connectivity index is 1.81. The van der Waals surface area contributed by atoms with E-state index in [2.05, 4.69) is 97.1 Å². The van der Waals surface area contributed by atoms with E-state index in [1.54, 1.807) is 0 Å². The maximum Gasteiger partial charge on any atom is 0.0537 e. The van der Waals surface area contributed by atoms with Gasteiger partial charge in [-0.3, -0.25) is 0 Å². The molecule has 0 heterocycles. The summed E-state index contributed by atoms with van der Waals surface area (Å²) in [5.41, 5.74) is 8.65. The molecule has 3 aromatic carbocycles. The van der Waals surface area contributed by atoms with E-state index in [-0.39, 0.29) is 5.41 Å². The van der Waals surface area contributed by atoms with Gasteiger partial charge in [-0.05, 0) is 33.4 Å². The summed E-state index contributed by atoms with van der Waals surface area (Å²) >= 11 is 0. The molecule has 0 radical (unpaired) electrons. The first kappa shape index (κ1) is 13.4. The molecule has 0 fully saturated rings. The van der Waals surface area contributed by atoms with Crippen molar-refractivity contribution in [2.75, 3.05) is 0 Å². The third-order valence-electron chi connectivity index (χ3n) is 6.37. The molecule has 3 aromatic rings. The molecular weight excluding hydrogens is 300 g/mol. The van der Waals surface area contributed by atoms with Gasteiger partial charge in [-0.15, -0.1) is 0 Å². The fourth-order valence-corrected chi connectivity index (χ4v) is 5.56. The van der Waals surface area contributed by atoms with E-state index in [1.165, 1.54) is 33.4 Å². The second-order valence-corrected chi connectivity index (χ2v) is 7.31. The molecule has 1 spiro atoms. The minimum absolute atomic E-state index is 0.0598. The lowest BCUT2D eigenvalue weighted by atomic mass is 9.65. The third kappa shape index (κ3) is 1.45. The second-order valence-electron chi connectivity index (χ2n) is 7.31. The molecular formula is C25H18. The molecule has 0 nitrogen and oxygen atoms in total. The molecule has 6 rings (SSSR count). The topological polar surface area (TPSA) is 0 Å². The Kier molecular flexibility index (Phi) is 2.48. The molecule has 0 bridgehead atoms. The van der Waals surface area contributed by atoms with Crippen LogP contribution in [-0.2, 0) is 5.41 Å². The third-order valence-corrected chi connectivity index (χ3v) is 6.37. The van der Waals surface area contributed by atoms with Crippen LogP contribution in [0.2, 0.25) is 0 Å². The van der Waals surface area contributed by atoms with Crippen molar-refractivity contribution in [2.24, 2.45) is 5.92 Å². The lowest BCUT2D eigenvalue weighted by Crippen LogP contribution is -2.32. The van der Waals surface area contributed by atoms with Gasteiger partial charge in [-0.2, -0.15) is 0 Å². The minimum Gasteiger partial charge on any atom is -0.0789 e. The number of hydrogen-bond acceptors (Lipinski definition) is 0. The summed E-state index contributed by atoms with van der Waals surface area (Å²) in [4.78, 5) is 0. The highest BCUT2D eigenvalue weighted by atomic mass is 14.6. The number of fused-ring (bicyclic) bond motifs is 10. The van der Waals surface area contributed by atoms with E-state index in [0.29, 0.717) is 11.8 Å². The smallest absolute Gasteiger partial charge is 0.0537 e. The van der Waals surface area contributed by atoms with Crippen LogP contribution < -0.4 is 0 Å². The highest BCUT2D eigenvalue weighted by Gasteiger charge is 2.56. The molecule has 0 aromatic heterocycles. The van der Waals surface area contributed by atoms with Gasteiger partial charge in [-0.1, -0.05) is 97.1 Å². The predicted octanol–water partition coefficient (Wildman–Crippen LogP) is 5.84. The standard InChI is InChI=1S/C25H18/c1-5-13-21-17(9-1)18-10-2-6-14-22(18)25(21)23-15-7-3-11-19(23)20-12-4-8-16-24(20)25/h1-17,21H. The van der Waals surface area contributed by atoms with Gasteiger partial charge in [0, 0.05) is 11.8 Å². The quantitative estimate of drug-likeness (QED) is 0.488. The van der Waals surface area contributed by atoms with Crippen LogP contribution in [-0.4, -0.2) is 0 Å². The van der Waals surface area contributed by atoms with E-state index >= 15 is 0 Å². The molecule has 2 unspecified atom stereocenters. The van der Waals surface area contributed by atoms with Crippen LogP contribution in [0.15, 0.2) is 97.1 Å². The summed E-state index contributed by atoms with van der Waals surface area (Å²) in [5.74, 6) is 0.903. The molecule has 118 valence electrons. The average Bonchev–Trinajstić information content (AvgIpc) is 3.16. The van der Waals surface area contributed by atoms with Crippen molar-refractivity contribution in [1.29, 1.82) is 0 Å². The molecule has 3 aliphatic carbocycles. The fraction of sp³-hybridized carbons (Fsp3) is 0.120. The van der Waals surface area contributed by atoms with Crippen molar-refractivity contribution in [1.82, 2.24) is 0 Å².